The van der Waals surface area contributed by atoms with Gasteiger partial charge in [-0.15, -0.1) is 0 Å². The molecule has 6 nitrogen and oxygen atoms in total. The molecule has 23 heavy (non-hydrogen) atoms. The van der Waals surface area contributed by atoms with E-state index in [1.165, 1.54) is 11.9 Å². The van der Waals surface area contributed by atoms with Gasteiger partial charge >= 0.3 is 6.18 Å². The van der Waals surface area contributed by atoms with E-state index in [1.54, 1.807) is 24.3 Å². The highest BCUT2D eigenvalue weighted by Gasteiger charge is 2.32. The third kappa shape index (κ3) is 4.51. The van der Waals surface area contributed by atoms with E-state index in [0.717, 1.165) is 0 Å². The van der Waals surface area contributed by atoms with Crippen LogP contribution in [0.15, 0.2) is 24.3 Å². The van der Waals surface area contributed by atoms with Crippen LogP contribution in [0.1, 0.15) is 0 Å². The minimum Gasteiger partial charge on any atom is -0.477 e. The zero-order valence-electron chi connectivity index (χ0n) is 12.3. The summed E-state index contributed by atoms with van der Waals surface area (Å²) in [4.78, 5) is 25.0. The molecule has 0 unspecified atom stereocenters. The predicted molar refractivity (Wildman–Crippen MR) is 76.2 cm³/mol. The molecule has 1 aromatic rings. The smallest absolute Gasteiger partial charge is 0.405 e. The van der Waals surface area contributed by atoms with E-state index in [-0.39, 0.29) is 19.0 Å². The second kappa shape index (κ2) is 6.76. The second-order valence-corrected chi connectivity index (χ2v) is 4.96. The van der Waals surface area contributed by atoms with Crippen LogP contribution in [-0.2, 0) is 9.59 Å². The van der Waals surface area contributed by atoms with Gasteiger partial charge in [-0.05, 0) is 12.1 Å². The molecule has 2 amide bonds. The molecule has 1 aromatic carbocycles. The summed E-state index contributed by atoms with van der Waals surface area (Å²) in [6.07, 6.45) is -5.31. The van der Waals surface area contributed by atoms with Gasteiger partial charge in [0.2, 0.25) is 5.91 Å². The Morgan fingerprint density at radius 3 is 2.70 bits per heavy atom. The minimum atomic E-state index is -4.47. The van der Waals surface area contributed by atoms with Crippen molar-refractivity contribution in [2.24, 2.45) is 0 Å². The Hall–Kier alpha value is -2.45. The van der Waals surface area contributed by atoms with Crippen molar-refractivity contribution in [1.82, 2.24) is 10.6 Å². The van der Waals surface area contributed by atoms with Crippen LogP contribution in [0.4, 0.5) is 18.9 Å². The lowest BCUT2D eigenvalue weighted by atomic mass is 10.1. The summed E-state index contributed by atoms with van der Waals surface area (Å²) in [5, 5.41) is 4.26. The van der Waals surface area contributed by atoms with Gasteiger partial charge < -0.3 is 20.3 Å². The van der Waals surface area contributed by atoms with Crippen LogP contribution in [0.3, 0.4) is 0 Å². The lowest BCUT2D eigenvalue weighted by molar-refractivity contribution is -0.137. The Balaban J connectivity index is 2.10. The van der Waals surface area contributed by atoms with Gasteiger partial charge in [0, 0.05) is 7.05 Å². The molecule has 0 fully saturated rings. The van der Waals surface area contributed by atoms with Crippen molar-refractivity contribution in [2.75, 3.05) is 31.6 Å². The number of anilines is 1. The van der Waals surface area contributed by atoms with E-state index in [1.807, 2.05) is 5.32 Å². The highest BCUT2D eigenvalue weighted by Crippen LogP contribution is 2.32. The maximum absolute atomic E-state index is 12.1. The molecule has 126 valence electrons. The zero-order chi connectivity index (χ0) is 17.0. The lowest BCUT2D eigenvalue weighted by Crippen LogP contribution is -2.51. The molecule has 1 heterocycles. The molecular weight excluding hydrogens is 315 g/mol. The fraction of sp³-hybridized carbons (Fsp3) is 0.429. The molecule has 0 aromatic heterocycles. The molecule has 0 aliphatic carbocycles. The minimum absolute atomic E-state index is 0.0656. The molecule has 0 spiro atoms. The predicted octanol–water partition coefficient (Wildman–Crippen LogP) is 0.678. The normalized spacial score (nSPS) is 17.0. The average Bonchev–Trinajstić information content (AvgIpc) is 2.51. The number of ether oxygens (including phenoxy) is 1. The van der Waals surface area contributed by atoms with Crippen LogP contribution in [0.5, 0.6) is 5.75 Å². The molecule has 0 saturated heterocycles. The standard InChI is InChI=1S/C14H16F3N3O3/c1-18-13(22)11-6-20(7-12(21)19-8-14(15,16)17)9-4-2-3-5-10(9)23-11/h2-5,11H,6-8H2,1H3,(H,18,22)(H,19,21)/t11-/m1/s1. The largest absolute Gasteiger partial charge is 0.477 e. The Morgan fingerprint density at radius 1 is 1.35 bits per heavy atom. The van der Waals surface area contributed by atoms with Crippen LogP contribution in [0.2, 0.25) is 0 Å². The van der Waals surface area contributed by atoms with E-state index in [0.29, 0.717) is 11.4 Å². The maximum Gasteiger partial charge on any atom is 0.405 e. The maximum atomic E-state index is 12.1. The van der Waals surface area contributed by atoms with Crippen LogP contribution >= 0.6 is 0 Å². The summed E-state index contributed by atoms with van der Waals surface area (Å²) in [5.74, 6) is -0.758. The van der Waals surface area contributed by atoms with Crippen LogP contribution in [0.25, 0.3) is 0 Å². The van der Waals surface area contributed by atoms with Crippen molar-refractivity contribution in [3.63, 3.8) is 0 Å². The van der Waals surface area contributed by atoms with Crippen molar-refractivity contribution >= 4 is 17.5 Å². The zero-order valence-corrected chi connectivity index (χ0v) is 12.3. The van der Waals surface area contributed by atoms with E-state index in [4.69, 9.17) is 4.74 Å². The van der Waals surface area contributed by atoms with Crippen molar-refractivity contribution < 1.29 is 27.5 Å². The Morgan fingerprint density at radius 2 is 2.04 bits per heavy atom. The summed E-state index contributed by atoms with van der Waals surface area (Å²) in [6.45, 7) is -1.63. The number of fused-ring (bicyclic) bond motifs is 1. The summed E-state index contributed by atoms with van der Waals surface area (Å²) >= 11 is 0. The Bertz CT molecular complexity index is 592. The average molecular weight is 331 g/mol. The van der Waals surface area contributed by atoms with Crippen molar-refractivity contribution in [3.8, 4) is 5.75 Å². The number of alkyl halides is 3. The van der Waals surface area contributed by atoms with Gasteiger partial charge in [-0.3, -0.25) is 9.59 Å². The molecule has 0 radical (unpaired) electrons. The number of carbonyl (C=O) groups excluding carboxylic acids is 2. The van der Waals surface area contributed by atoms with Gasteiger partial charge in [-0.25, -0.2) is 0 Å². The van der Waals surface area contributed by atoms with Crippen LogP contribution < -0.4 is 20.3 Å². The molecule has 2 rings (SSSR count). The van der Waals surface area contributed by atoms with Gasteiger partial charge in [-0.1, -0.05) is 12.1 Å². The Kier molecular flexibility index (Phi) is 4.97. The number of hydrogen-bond donors (Lipinski definition) is 2. The molecule has 1 aliphatic rings. The number of likely N-dealkylation sites (N-methyl/N-ethyl adjacent to an activating group) is 1. The fourth-order valence-corrected chi connectivity index (χ4v) is 2.18. The van der Waals surface area contributed by atoms with Crippen molar-refractivity contribution in [2.45, 2.75) is 12.3 Å². The highest BCUT2D eigenvalue weighted by molar-refractivity contribution is 5.86. The number of nitrogens with zero attached hydrogens (tertiary/aromatic N) is 1. The van der Waals surface area contributed by atoms with E-state index >= 15 is 0 Å². The number of para-hydroxylation sites is 2. The SMILES string of the molecule is CNC(=O)[C@H]1CN(CC(=O)NCC(F)(F)F)c2ccccc2O1. The molecule has 0 saturated carbocycles. The molecule has 1 aliphatic heterocycles. The van der Waals surface area contributed by atoms with Gasteiger partial charge in [0.05, 0.1) is 18.8 Å². The first-order valence-corrected chi connectivity index (χ1v) is 6.86. The molecule has 2 N–H and O–H groups in total. The van der Waals surface area contributed by atoms with Crippen molar-refractivity contribution in [1.29, 1.82) is 0 Å². The molecular formula is C14H16F3N3O3. The summed E-state index contributed by atoms with van der Waals surface area (Å²) in [6, 6.07) is 6.72. The summed E-state index contributed by atoms with van der Waals surface area (Å²) in [5.41, 5.74) is 0.551. The number of rotatable bonds is 4. The van der Waals surface area contributed by atoms with E-state index in [2.05, 4.69) is 5.32 Å². The van der Waals surface area contributed by atoms with Gasteiger partial charge in [0.1, 0.15) is 12.3 Å². The first kappa shape index (κ1) is 16.9. The summed E-state index contributed by atoms with van der Waals surface area (Å²) in [7, 11) is 1.45. The van der Waals surface area contributed by atoms with Crippen LogP contribution in [0, 0.1) is 0 Å². The van der Waals surface area contributed by atoms with Gasteiger partial charge in [-0.2, -0.15) is 13.2 Å². The molecule has 0 bridgehead atoms. The number of amides is 2. The number of hydrogen-bond acceptors (Lipinski definition) is 4. The van der Waals surface area contributed by atoms with Crippen LogP contribution in [-0.4, -0.2) is 50.8 Å². The monoisotopic (exact) mass is 331 g/mol. The van der Waals surface area contributed by atoms with Gasteiger partial charge in [0.25, 0.3) is 5.91 Å². The van der Waals surface area contributed by atoms with E-state index < -0.39 is 24.7 Å². The lowest BCUT2D eigenvalue weighted by Gasteiger charge is -2.35. The fourth-order valence-electron chi connectivity index (χ4n) is 2.18. The quantitative estimate of drug-likeness (QED) is 0.851. The second-order valence-electron chi connectivity index (χ2n) is 4.96. The number of carbonyl (C=O) groups is 2. The van der Waals surface area contributed by atoms with E-state index in [9.17, 15) is 22.8 Å². The number of benzene rings is 1. The number of halogens is 3. The highest BCUT2D eigenvalue weighted by atomic mass is 19.4. The van der Waals surface area contributed by atoms with Crippen molar-refractivity contribution in [3.05, 3.63) is 24.3 Å². The van der Waals surface area contributed by atoms with Gasteiger partial charge in [0.15, 0.2) is 6.10 Å². The summed E-state index contributed by atoms with van der Waals surface area (Å²) < 4.78 is 42.0. The first-order chi connectivity index (χ1) is 10.8. The molecule has 1 atom stereocenters. The third-order valence-electron chi connectivity index (χ3n) is 3.22. The topological polar surface area (TPSA) is 70.7 Å². The Labute approximate surface area is 130 Å². The third-order valence-corrected chi connectivity index (χ3v) is 3.22. The first-order valence-electron chi connectivity index (χ1n) is 6.86. The molecule has 9 heteroatoms. The number of nitrogens with one attached hydrogen (secondary N) is 2.